The van der Waals surface area contributed by atoms with Crippen molar-refractivity contribution >= 4 is 0 Å². The van der Waals surface area contributed by atoms with Gasteiger partial charge in [-0.05, 0) is 72.3 Å². The van der Waals surface area contributed by atoms with Gasteiger partial charge in [-0.3, -0.25) is 0 Å². The maximum absolute atomic E-state index is 10.6. The Morgan fingerprint density at radius 3 is 2.61 bits per heavy atom. The first-order chi connectivity index (χ1) is 15.7. The van der Waals surface area contributed by atoms with Gasteiger partial charge in [-0.15, -0.1) is 0 Å². The molecule has 3 aliphatic carbocycles. The minimum atomic E-state index is -0.941. The summed E-state index contributed by atoms with van der Waals surface area (Å²) in [5.41, 5.74) is 3.48. The summed E-state index contributed by atoms with van der Waals surface area (Å²) in [5, 5.41) is 30.1. The molecule has 0 bridgehead atoms. The predicted molar refractivity (Wildman–Crippen MR) is 135 cm³/mol. The molecule has 3 aliphatic rings. The lowest BCUT2D eigenvalue weighted by atomic mass is 9.60. The van der Waals surface area contributed by atoms with Gasteiger partial charge in [0, 0.05) is 6.42 Å². The van der Waals surface area contributed by atoms with Crippen molar-refractivity contribution in [1.82, 2.24) is 0 Å². The summed E-state index contributed by atoms with van der Waals surface area (Å²) < 4.78 is 5.46. The first-order valence-corrected chi connectivity index (χ1v) is 13.4. The molecule has 33 heavy (non-hydrogen) atoms. The zero-order valence-corrected chi connectivity index (χ0v) is 21.4. The van der Waals surface area contributed by atoms with Gasteiger partial charge in [0.1, 0.15) is 12.2 Å². The highest BCUT2D eigenvalue weighted by atomic mass is 16.5. The normalized spacial score (nSPS) is 38.3. The van der Waals surface area contributed by atoms with Gasteiger partial charge in [-0.1, -0.05) is 71.3 Å². The van der Waals surface area contributed by atoms with E-state index in [0.29, 0.717) is 23.3 Å². The van der Waals surface area contributed by atoms with E-state index in [1.807, 2.05) is 0 Å². The van der Waals surface area contributed by atoms with E-state index in [9.17, 15) is 10.2 Å². The smallest absolute Gasteiger partial charge is 0.114 e. The maximum atomic E-state index is 10.6. The molecule has 0 heterocycles. The van der Waals surface area contributed by atoms with E-state index in [0.717, 1.165) is 29.7 Å². The van der Waals surface area contributed by atoms with Gasteiger partial charge < -0.3 is 20.1 Å². The van der Waals surface area contributed by atoms with E-state index in [1.165, 1.54) is 44.9 Å². The molecule has 3 fully saturated rings. The average molecular weight is 461 g/mol. The Hall–Kier alpha value is -0.940. The van der Waals surface area contributed by atoms with Crippen LogP contribution in [0.4, 0.5) is 0 Å². The quantitative estimate of drug-likeness (QED) is 0.420. The van der Waals surface area contributed by atoms with Gasteiger partial charge in [0.25, 0.3) is 0 Å². The molecule has 3 N–H and O–H groups in total. The lowest BCUT2D eigenvalue weighted by Crippen LogP contribution is -2.45. The minimum absolute atomic E-state index is 0.104. The largest absolute Gasteiger partial charge is 0.394 e. The van der Waals surface area contributed by atoms with E-state index in [-0.39, 0.29) is 13.2 Å². The van der Waals surface area contributed by atoms with Crippen LogP contribution < -0.4 is 0 Å². The molecular weight excluding hydrogens is 412 g/mol. The van der Waals surface area contributed by atoms with Crippen molar-refractivity contribution in [2.45, 2.75) is 104 Å². The summed E-state index contributed by atoms with van der Waals surface area (Å²) in [6, 6.07) is 0. The summed E-state index contributed by atoms with van der Waals surface area (Å²) in [7, 11) is 0. The van der Waals surface area contributed by atoms with Crippen molar-refractivity contribution in [2.24, 2.45) is 29.1 Å². The van der Waals surface area contributed by atoms with E-state index in [4.69, 9.17) is 9.84 Å². The highest BCUT2D eigenvalue weighted by Crippen LogP contribution is 2.60. The average Bonchev–Trinajstić information content (AvgIpc) is 3.12. The number of hydrogen-bond acceptors (Lipinski definition) is 4. The van der Waals surface area contributed by atoms with Crippen LogP contribution in [-0.4, -0.2) is 46.8 Å². The standard InChI is InChI=1S/C29H48O4/c1-19(2)8-6-9-20(3)24-13-14-25-22(10-7-15-29(24,25)5)11-12-23-18-26(31)28(33-17-16-30)27(32)21(23)4/h11-12,19-20,24-28,30-32H,4,6-10,13-18H2,1-3,5H3/b22-11+,23-12-/t20-,24-,25+,26-,27-,28-,29-/m1/s1. The van der Waals surface area contributed by atoms with Gasteiger partial charge >= 0.3 is 0 Å². The summed E-state index contributed by atoms with van der Waals surface area (Å²) in [4.78, 5) is 0. The molecule has 0 saturated heterocycles. The number of aliphatic hydroxyl groups excluding tert-OH is 3. The number of rotatable bonds is 9. The first kappa shape index (κ1) is 26.7. The van der Waals surface area contributed by atoms with Crippen LogP contribution in [0.3, 0.4) is 0 Å². The van der Waals surface area contributed by atoms with Gasteiger partial charge in [-0.2, -0.15) is 0 Å². The zero-order chi connectivity index (χ0) is 24.2. The molecule has 3 rings (SSSR count). The Morgan fingerprint density at radius 2 is 1.91 bits per heavy atom. The molecular formula is C29H48O4. The molecule has 4 heteroatoms. The number of allylic oxidation sites excluding steroid dienone is 3. The third-order valence-corrected chi connectivity index (χ3v) is 8.95. The Morgan fingerprint density at radius 1 is 1.15 bits per heavy atom. The second-order valence-electron chi connectivity index (χ2n) is 11.6. The number of ether oxygens (including phenoxy) is 1. The molecule has 0 spiro atoms. The SMILES string of the molecule is C=C1/C(=C\C=C2/CCC[C@]3(C)[C@@H]([C@H](C)CCCC(C)C)CC[C@@H]23)C[C@@H](O)[C@@H](OCCO)[C@@H]1O. The van der Waals surface area contributed by atoms with Crippen LogP contribution in [0.1, 0.15) is 85.5 Å². The lowest BCUT2D eigenvalue weighted by Gasteiger charge is -2.44. The molecule has 0 unspecified atom stereocenters. The maximum Gasteiger partial charge on any atom is 0.114 e. The molecule has 4 nitrogen and oxygen atoms in total. The summed E-state index contributed by atoms with van der Waals surface area (Å²) >= 11 is 0. The summed E-state index contributed by atoms with van der Waals surface area (Å²) in [6.07, 6.45) is 12.7. The fourth-order valence-electron chi connectivity index (χ4n) is 7.11. The van der Waals surface area contributed by atoms with E-state index in [2.05, 4.69) is 46.4 Å². The van der Waals surface area contributed by atoms with Crippen LogP contribution in [0.2, 0.25) is 0 Å². The van der Waals surface area contributed by atoms with Crippen LogP contribution in [0.5, 0.6) is 0 Å². The Bertz CT molecular complexity index is 723. The predicted octanol–water partition coefficient (Wildman–Crippen LogP) is 5.58. The molecule has 0 aromatic carbocycles. The molecule has 0 aliphatic heterocycles. The van der Waals surface area contributed by atoms with Crippen molar-refractivity contribution < 1.29 is 20.1 Å². The molecule has 188 valence electrons. The molecule has 0 amide bonds. The van der Waals surface area contributed by atoms with Crippen LogP contribution in [0, 0.1) is 29.1 Å². The van der Waals surface area contributed by atoms with Gasteiger partial charge in [0.05, 0.1) is 19.3 Å². The first-order valence-electron chi connectivity index (χ1n) is 13.4. The Balaban J connectivity index is 1.70. The zero-order valence-electron chi connectivity index (χ0n) is 21.4. The number of fused-ring (bicyclic) bond motifs is 1. The molecule has 3 saturated carbocycles. The highest BCUT2D eigenvalue weighted by molar-refractivity contribution is 5.40. The van der Waals surface area contributed by atoms with Gasteiger partial charge in [0.15, 0.2) is 0 Å². The van der Waals surface area contributed by atoms with Gasteiger partial charge in [0.2, 0.25) is 0 Å². The number of hydrogen-bond donors (Lipinski definition) is 3. The fourth-order valence-corrected chi connectivity index (χ4v) is 7.11. The Labute approximate surface area is 201 Å². The second kappa shape index (κ2) is 11.7. The summed E-state index contributed by atoms with van der Waals surface area (Å²) in [6.45, 7) is 13.7. The van der Waals surface area contributed by atoms with E-state index in [1.54, 1.807) is 5.57 Å². The third-order valence-electron chi connectivity index (χ3n) is 8.95. The van der Waals surface area contributed by atoms with E-state index < -0.39 is 18.3 Å². The topological polar surface area (TPSA) is 69.9 Å². The molecule has 0 aromatic rings. The van der Waals surface area contributed by atoms with E-state index >= 15 is 0 Å². The van der Waals surface area contributed by atoms with Crippen molar-refractivity contribution in [3.63, 3.8) is 0 Å². The molecule has 0 aromatic heterocycles. The highest BCUT2D eigenvalue weighted by Gasteiger charge is 2.50. The minimum Gasteiger partial charge on any atom is -0.394 e. The third kappa shape index (κ3) is 6.01. The van der Waals surface area contributed by atoms with Crippen molar-refractivity contribution in [3.05, 3.63) is 35.5 Å². The second-order valence-corrected chi connectivity index (χ2v) is 11.6. The van der Waals surface area contributed by atoms with Crippen molar-refractivity contribution in [2.75, 3.05) is 13.2 Å². The van der Waals surface area contributed by atoms with Crippen LogP contribution in [0.25, 0.3) is 0 Å². The van der Waals surface area contributed by atoms with Crippen LogP contribution in [-0.2, 0) is 4.74 Å². The monoisotopic (exact) mass is 460 g/mol. The molecule has 7 atom stereocenters. The summed E-state index contributed by atoms with van der Waals surface area (Å²) in [5.74, 6) is 3.04. The Kier molecular flexibility index (Phi) is 9.42. The van der Waals surface area contributed by atoms with Crippen LogP contribution in [0.15, 0.2) is 35.5 Å². The van der Waals surface area contributed by atoms with Crippen molar-refractivity contribution in [3.8, 4) is 0 Å². The van der Waals surface area contributed by atoms with Crippen LogP contribution >= 0.6 is 0 Å². The number of aliphatic hydroxyl groups is 3. The lowest BCUT2D eigenvalue weighted by molar-refractivity contribution is -0.101. The van der Waals surface area contributed by atoms with Gasteiger partial charge in [-0.25, -0.2) is 0 Å². The molecule has 0 radical (unpaired) electrons. The fraction of sp³-hybridized carbons (Fsp3) is 0.793. The van der Waals surface area contributed by atoms with Crippen molar-refractivity contribution in [1.29, 1.82) is 0 Å².